The molecular formula is C11H15NO4S. The number of nitrogens with one attached hydrogen (secondary N) is 1. The van der Waals surface area contributed by atoms with E-state index < -0.39 is 27.3 Å². The molecule has 0 saturated heterocycles. The first-order chi connectivity index (χ1) is 7.84. The van der Waals surface area contributed by atoms with E-state index in [-0.39, 0.29) is 0 Å². The lowest BCUT2D eigenvalue weighted by molar-refractivity contribution is -0.136. The van der Waals surface area contributed by atoms with Crippen LogP contribution >= 0.6 is 0 Å². The summed E-state index contributed by atoms with van der Waals surface area (Å²) in [5.41, 5.74) is 0.786. The Bertz CT molecular complexity index is 483. The molecule has 0 aliphatic rings. The molecule has 1 unspecified atom stereocenters. The maximum atomic E-state index is 11.7. The second-order valence-electron chi connectivity index (χ2n) is 3.78. The molecule has 6 heteroatoms. The number of hydrogen-bond acceptors (Lipinski definition) is 3. The minimum Gasteiger partial charge on any atom is -0.480 e. The number of carboxylic acid groups (broad SMARTS) is 1. The number of sulfonamides is 1. The van der Waals surface area contributed by atoms with Gasteiger partial charge in [0.25, 0.3) is 0 Å². The first-order valence-corrected chi connectivity index (χ1v) is 6.68. The largest absolute Gasteiger partial charge is 0.480 e. The lowest BCUT2D eigenvalue weighted by Gasteiger charge is -2.16. The van der Waals surface area contributed by atoms with Crippen molar-refractivity contribution < 1.29 is 18.3 Å². The van der Waals surface area contributed by atoms with Crippen LogP contribution in [0.25, 0.3) is 0 Å². The second kappa shape index (κ2) is 5.29. The van der Waals surface area contributed by atoms with Gasteiger partial charge >= 0.3 is 5.97 Å². The Morgan fingerprint density at radius 2 is 1.76 bits per heavy atom. The Kier molecular flexibility index (Phi) is 4.25. The zero-order valence-electron chi connectivity index (χ0n) is 9.62. The second-order valence-corrected chi connectivity index (χ2v) is 5.81. The predicted octanol–water partition coefficient (Wildman–Crippen LogP) is 1.14. The number of benzene rings is 1. The van der Waals surface area contributed by atoms with E-state index in [0.717, 1.165) is 12.5 Å². The molecule has 0 spiro atoms. The molecule has 0 radical (unpaired) electrons. The van der Waals surface area contributed by atoms with Crippen LogP contribution in [0.15, 0.2) is 30.3 Å². The normalized spacial score (nSPS) is 15.2. The molecule has 0 aliphatic carbocycles. The topological polar surface area (TPSA) is 83.5 Å². The van der Waals surface area contributed by atoms with Crippen LogP contribution in [0.3, 0.4) is 0 Å². The summed E-state index contributed by atoms with van der Waals surface area (Å²) in [6.07, 6.45) is 0. The molecule has 1 aromatic rings. The van der Waals surface area contributed by atoms with E-state index >= 15 is 0 Å². The quantitative estimate of drug-likeness (QED) is 0.828. The van der Waals surface area contributed by atoms with Crippen molar-refractivity contribution in [1.82, 2.24) is 4.72 Å². The summed E-state index contributed by atoms with van der Waals surface area (Å²) in [6.45, 7) is 2.81. The van der Waals surface area contributed by atoms with Crippen molar-refractivity contribution in [2.24, 2.45) is 0 Å². The Balaban J connectivity index is 2.82. The molecule has 1 rings (SSSR count). The Hall–Kier alpha value is -1.40. The van der Waals surface area contributed by atoms with E-state index in [0.29, 0.717) is 0 Å². The molecule has 0 fully saturated rings. The molecular weight excluding hydrogens is 242 g/mol. The smallest absolute Gasteiger partial charge is 0.323 e. The van der Waals surface area contributed by atoms with Crippen molar-refractivity contribution in [2.75, 3.05) is 0 Å². The number of carbonyl (C=O) groups is 1. The summed E-state index contributed by atoms with van der Waals surface area (Å²) in [6, 6.07) is 8.51. The van der Waals surface area contributed by atoms with Crippen LogP contribution in [0.5, 0.6) is 0 Å². The first kappa shape index (κ1) is 13.7. The highest BCUT2D eigenvalue weighted by molar-refractivity contribution is 7.90. The van der Waals surface area contributed by atoms with Gasteiger partial charge in [-0.1, -0.05) is 30.3 Å². The zero-order chi connectivity index (χ0) is 13.1. The van der Waals surface area contributed by atoms with Crippen molar-refractivity contribution in [3.8, 4) is 0 Å². The van der Waals surface area contributed by atoms with Crippen LogP contribution in [0.1, 0.15) is 25.5 Å². The molecule has 1 aromatic carbocycles. The number of rotatable bonds is 5. The van der Waals surface area contributed by atoms with Crippen molar-refractivity contribution in [2.45, 2.75) is 25.1 Å². The van der Waals surface area contributed by atoms with Crippen molar-refractivity contribution in [1.29, 1.82) is 0 Å². The molecule has 2 atom stereocenters. The van der Waals surface area contributed by atoms with Gasteiger partial charge in [0, 0.05) is 6.04 Å². The molecule has 0 heterocycles. The average molecular weight is 257 g/mol. The van der Waals surface area contributed by atoms with E-state index in [1.165, 1.54) is 0 Å². The summed E-state index contributed by atoms with van der Waals surface area (Å²) in [4.78, 5) is 10.6. The van der Waals surface area contributed by atoms with Crippen LogP contribution in [0.4, 0.5) is 0 Å². The minimum absolute atomic E-state index is 0.456. The number of carboxylic acids is 1. The number of hydrogen-bond donors (Lipinski definition) is 2. The fourth-order valence-electron chi connectivity index (χ4n) is 1.29. The lowest BCUT2D eigenvalue weighted by atomic mass is 10.1. The molecule has 0 saturated carbocycles. The Morgan fingerprint density at radius 3 is 2.24 bits per heavy atom. The van der Waals surface area contributed by atoms with Crippen molar-refractivity contribution in [3.05, 3.63) is 35.9 Å². The van der Waals surface area contributed by atoms with Crippen LogP contribution in [-0.2, 0) is 14.8 Å². The molecule has 0 amide bonds. The highest BCUT2D eigenvalue weighted by Gasteiger charge is 2.28. The lowest BCUT2D eigenvalue weighted by Crippen LogP contribution is -2.38. The van der Waals surface area contributed by atoms with E-state index in [9.17, 15) is 13.2 Å². The summed E-state index contributed by atoms with van der Waals surface area (Å²) >= 11 is 0. The fraction of sp³-hybridized carbons (Fsp3) is 0.364. The maximum absolute atomic E-state index is 11.7. The Labute approximate surface area is 101 Å². The number of aliphatic carboxylic acids is 1. The van der Waals surface area contributed by atoms with Gasteiger partial charge in [-0.3, -0.25) is 4.79 Å². The van der Waals surface area contributed by atoms with Gasteiger partial charge in [-0.05, 0) is 19.4 Å². The zero-order valence-corrected chi connectivity index (χ0v) is 10.4. The summed E-state index contributed by atoms with van der Waals surface area (Å²) in [5, 5.41) is 7.22. The fourth-order valence-corrected chi connectivity index (χ4v) is 2.39. The van der Waals surface area contributed by atoms with Crippen molar-refractivity contribution in [3.63, 3.8) is 0 Å². The molecule has 2 N–H and O–H groups in total. The minimum atomic E-state index is -3.86. The van der Waals surface area contributed by atoms with Crippen LogP contribution in [-0.4, -0.2) is 24.7 Å². The highest BCUT2D eigenvalue weighted by atomic mass is 32.2. The average Bonchev–Trinajstić information content (AvgIpc) is 2.28. The summed E-state index contributed by atoms with van der Waals surface area (Å²) in [5.74, 6) is -1.36. The summed E-state index contributed by atoms with van der Waals surface area (Å²) < 4.78 is 25.7. The van der Waals surface area contributed by atoms with Gasteiger partial charge in [0.15, 0.2) is 5.25 Å². The molecule has 0 aromatic heterocycles. The maximum Gasteiger partial charge on any atom is 0.323 e. The van der Waals surface area contributed by atoms with Crippen LogP contribution in [0, 0.1) is 0 Å². The van der Waals surface area contributed by atoms with E-state index in [4.69, 9.17) is 5.11 Å². The van der Waals surface area contributed by atoms with Gasteiger partial charge in [-0.2, -0.15) is 0 Å². The summed E-state index contributed by atoms with van der Waals surface area (Å²) in [7, 11) is -3.86. The predicted molar refractivity (Wildman–Crippen MR) is 64.0 cm³/mol. The van der Waals surface area contributed by atoms with Crippen LogP contribution < -0.4 is 4.72 Å². The van der Waals surface area contributed by atoms with Gasteiger partial charge in [0.1, 0.15) is 0 Å². The van der Waals surface area contributed by atoms with Gasteiger partial charge in [0.2, 0.25) is 10.0 Å². The van der Waals surface area contributed by atoms with Gasteiger partial charge in [-0.15, -0.1) is 0 Å². The molecule has 0 bridgehead atoms. The van der Waals surface area contributed by atoms with Gasteiger partial charge < -0.3 is 5.11 Å². The Morgan fingerprint density at radius 1 is 1.24 bits per heavy atom. The van der Waals surface area contributed by atoms with E-state index in [1.807, 2.05) is 6.07 Å². The third-order valence-corrected chi connectivity index (χ3v) is 4.27. The molecule has 17 heavy (non-hydrogen) atoms. The molecule has 94 valence electrons. The van der Waals surface area contributed by atoms with Crippen LogP contribution in [0.2, 0.25) is 0 Å². The van der Waals surface area contributed by atoms with Gasteiger partial charge in [0.05, 0.1) is 0 Å². The highest BCUT2D eigenvalue weighted by Crippen LogP contribution is 2.14. The standard InChI is InChI=1S/C11H15NO4S/c1-8(10-6-4-3-5-7-10)12-17(15,16)9(2)11(13)14/h3-9,12H,1-2H3,(H,13,14)/t8-,9?/m0/s1. The third kappa shape index (κ3) is 3.54. The monoisotopic (exact) mass is 257 g/mol. The van der Waals surface area contributed by atoms with E-state index in [2.05, 4.69) is 4.72 Å². The SMILES string of the molecule is CC(C(=O)O)S(=O)(=O)N[C@@H](C)c1ccccc1. The third-order valence-electron chi connectivity index (χ3n) is 2.45. The van der Waals surface area contributed by atoms with Crippen molar-refractivity contribution >= 4 is 16.0 Å². The molecule has 5 nitrogen and oxygen atoms in total. The molecule has 0 aliphatic heterocycles. The van der Waals surface area contributed by atoms with E-state index in [1.54, 1.807) is 31.2 Å². The van der Waals surface area contributed by atoms with Gasteiger partial charge in [-0.25, -0.2) is 13.1 Å². The first-order valence-electron chi connectivity index (χ1n) is 5.13.